The van der Waals surface area contributed by atoms with E-state index in [2.05, 4.69) is 54.5 Å². The molecule has 0 amide bonds. The van der Waals surface area contributed by atoms with Crippen molar-refractivity contribution in [1.82, 2.24) is 9.80 Å². The van der Waals surface area contributed by atoms with Crippen molar-refractivity contribution in [2.45, 2.75) is 19.4 Å². The van der Waals surface area contributed by atoms with Crippen LogP contribution in [0.3, 0.4) is 0 Å². The van der Waals surface area contributed by atoms with Crippen LogP contribution in [-0.2, 0) is 13.0 Å². The molecule has 100 valence electrons. The maximum absolute atomic E-state index is 3.41. The molecular formula is C15H25N3. The summed E-state index contributed by atoms with van der Waals surface area (Å²) in [5.74, 6) is 0. The third-order valence-electron chi connectivity index (χ3n) is 3.48. The van der Waals surface area contributed by atoms with Gasteiger partial charge in [0.1, 0.15) is 0 Å². The standard InChI is InChI=1S/C15H25N3/c1-17(2)9-4-10-18(3)12-13-5-6-15-14(11-13)7-8-16-15/h5-6,11,16H,4,7-10,12H2,1-3H3. The van der Waals surface area contributed by atoms with Crippen LogP contribution in [0.4, 0.5) is 5.69 Å². The van der Waals surface area contributed by atoms with Gasteiger partial charge < -0.3 is 15.1 Å². The Bertz CT molecular complexity index is 387. The van der Waals surface area contributed by atoms with E-state index in [0.717, 1.165) is 19.6 Å². The lowest BCUT2D eigenvalue weighted by Gasteiger charge is -2.18. The highest BCUT2D eigenvalue weighted by Crippen LogP contribution is 2.23. The van der Waals surface area contributed by atoms with Gasteiger partial charge in [-0.3, -0.25) is 0 Å². The Labute approximate surface area is 111 Å². The summed E-state index contributed by atoms with van der Waals surface area (Å²) in [5.41, 5.74) is 4.24. The quantitative estimate of drug-likeness (QED) is 0.830. The fourth-order valence-electron chi connectivity index (χ4n) is 2.50. The fourth-order valence-corrected chi connectivity index (χ4v) is 2.50. The Hall–Kier alpha value is -1.06. The number of nitrogens with zero attached hydrogens (tertiary/aromatic N) is 2. The first kappa shape index (κ1) is 13.4. The first-order valence-electron chi connectivity index (χ1n) is 6.84. The summed E-state index contributed by atoms with van der Waals surface area (Å²) in [4.78, 5) is 4.66. The monoisotopic (exact) mass is 247 g/mol. The molecule has 1 aliphatic heterocycles. The average Bonchev–Trinajstić information content (AvgIpc) is 2.75. The second-order valence-corrected chi connectivity index (χ2v) is 5.56. The Balaban J connectivity index is 1.82. The molecule has 0 aromatic heterocycles. The number of rotatable bonds is 6. The third-order valence-corrected chi connectivity index (χ3v) is 3.48. The molecule has 1 heterocycles. The molecule has 0 saturated heterocycles. The van der Waals surface area contributed by atoms with E-state index >= 15 is 0 Å². The molecule has 0 bridgehead atoms. The van der Waals surface area contributed by atoms with E-state index < -0.39 is 0 Å². The topological polar surface area (TPSA) is 18.5 Å². The van der Waals surface area contributed by atoms with E-state index in [1.54, 1.807) is 0 Å². The maximum atomic E-state index is 3.41. The van der Waals surface area contributed by atoms with Crippen molar-refractivity contribution in [1.29, 1.82) is 0 Å². The van der Waals surface area contributed by atoms with E-state index in [9.17, 15) is 0 Å². The SMILES string of the molecule is CN(C)CCCN(C)Cc1ccc2c(c1)CCN2. The highest BCUT2D eigenvalue weighted by Gasteiger charge is 2.10. The van der Waals surface area contributed by atoms with Gasteiger partial charge in [0.25, 0.3) is 0 Å². The van der Waals surface area contributed by atoms with Crippen molar-refractivity contribution in [2.75, 3.05) is 46.1 Å². The molecule has 18 heavy (non-hydrogen) atoms. The number of benzene rings is 1. The molecule has 0 spiro atoms. The third kappa shape index (κ3) is 3.72. The van der Waals surface area contributed by atoms with E-state index in [0.29, 0.717) is 0 Å². The van der Waals surface area contributed by atoms with Crippen LogP contribution in [-0.4, -0.2) is 50.6 Å². The molecule has 0 unspecified atom stereocenters. The lowest BCUT2D eigenvalue weighted by molar-refractivity contribution is 0.294. The van der Waals surface area contributed by atoms with Gasteiger partial charge in [-0.25, -0.2) is 0 Å². The Morgan fingerprint density at radius 2 is 2.00 bits per heavy atom. The van der Waals surface area contributed by atoms with E-state index in [4.69, 9.17) is 0 Å². The summed E-state index contributed by atoms with van der Waals surface area (Å²) < 4.78 is 0. The van der Waals surface area contributed by atoms with Crippen molar-refractivity contribution >= 4 is 5.69 Å². The van der Waals surface area contributed by atoms with Crippen LogP contribution in [0.5, 0.6) is 0 Å². The van der Waals surface area contributed by atoms with Crippen LogP contribution in [0.15, 0.2) is 18.2 Å². The molecule has 0 aliphatic carbocycles. The van der Waals surface area contributed by atoms with Crippen molar-refractivity contribution < 1.29 is 0 Å². The summed E-state index contributed by atoms with van der Waals surface area (Å²) in [7, 11) is 6.47. The van der Waals surface area contributed by atoms with Gasteiger partial charge in [-0.2, -0.15) is 0 Å². The molecule has 2 rings (SSSR count). The number of nitrogens with one attached hydrogen (secondary N) is 1. The summed E-state index contributed by atoms with van der Waals surface area (Å²) in [5, 5.41) is 3.41. The zero-order valence-electron chi connectivity index (χ0n) is 11.9. The van der Waals surface area contributed by atoms with Gasteiger partial charge in [0, 0.05) is 18.8 Å². The predicted octanol–water partition coefficient (Wildman–Crippen LogP) is 2.04. The molecule has 1 aliphatic rings. The van der Waals surface area contributed by atoms with Crippen molar-refractivity contribution in [3.05, 3.63) is 29.3 Å². The average molecular weight is 247 g/mol. The highest BCUT2D eigenvalue weighted by molar-refractivity contribution is 5.56. The van der Waals surface area contributed by atoms with Crippen molar-refractivity contribution in [3.63, 3.8) is 0 Å². The highest BCUT2D eigenvalue weighted by atomic mass is 15.1. The molecule has 0 saturated carbocycles. The van der Waals surface area contributed by atoms with Gasteiger partial charge >= 0.3 is 0 Å². The number of hydrogen-bond acceptors (Lipinski definition) is 3. The normalized spacial score (nSPS) is 14.1. The second-order valence-electron chi connectivity index (χ2n) is 5.56. The maximum Gasteiger partial charge on any atom is 0.0373 e. The summed E-state index contributed by atoms with van der Waals surface area (Å²) >= 11 is 0. The first-order chi connectivity index (χ1) is 8.65. The van der Waals surface area contributed by atoms with Gasteiger partial charge in [0.15, 0.2) is 0 Å². The van der Waals surface area contributed by atoms with Crippen LogP contribution in [0.1, 0.15) is 17.5 Å². The molecule has 3 nitrogen and oxygen atoms in total. The largest absolute Gasteiger partial charge is 0.384 e. The minimum atomic E-state index is 1.06. The van der Waals surface area contributed by atoms with Gasteiger partial charge in [-0.05, 0) is 64.3 Å². The predicted molar refractivity (Wildman–Crippen MR) is 78.1 cm³/mol. The van der Waals surface area contributed by atoms with Gasteiger partial charge in [0.2, 0.25) is 0 Å². The zero-order valence-corrected chi connectivity index (χ0v) is 11.9. The van der Waals surface area contributed by atoms with Crippen LogP contribution in [0.25, 0.3) is 0 Å². The van der Waals surface area contributed by atoms with E-state index in [1.165, 1.54) is 36.2 Å². The summed E-state index contributed by atoms with van der Waals surface area (Å²) in [6, 6.07) is 6.84. The fraction of sp³-hybridized carbons (Fsp3) is 0.600. The lowest BCUT2D eigenvalue weighted by Crippen LogP contribution is -2.23. The zero-order chi connectivity index (χ0) is 13.0. The summed E-state index contributed by atoms with van der Waals surface area (Å²) in [6.07, 6.45) is 2.41. The smallest absolute Gasteiger partial charge is 0.0373 e. The summed E-state index contributed by atoms with van der Waals surface area (Å²) in [6.45, 7) is 4.48. The molecular weight excluding hydrogens is 222 g/mol. The molecule has 1 N–H and O–H groups in total. The lowest BCUT2D eigenvalue weighted by atomic mass is 10.1. The Morgan fingerprint density at radius 3 is 2.78 bits per heavy atom. The molecule has 1 aromatic rings. The van der Waals surface area contributed by atoms with Gasteiger partial charge in [-0.15, -0.1) is 0 Å². The Kier molecular flexibility index (Phi) is 4.61. The Morgan fingerprint density at radius 1 is 1.17 bits per heavy atom. The van der Waals surface area contributed by atoms with Crippen LogP contribution >= 0.6 is 0 Å². The molecule has 0 atom stereocenters. The first-order valence-corrected chi connectivity index (χ1v) is 6.84. The van der Waals surface area contributed by atoms with E-state index in [1.807, 2.05) is 0 Å². The van der Waals surface area contributed by atoms with Crippen LogP contribution < -0.4 is 5.32 Å². The second kappa shape index (κ2) is 6.21. The van der Waals surface area contributed by atoms with Gasteiger partial charge in [-0.1, -0.05) is 12.1 Å². The molecule has 0 fully saturated rings. The number of fused-ring (bicyclic) bond motifs is 1. The van der Waals surface area contributed by atoms with Crippen LogP contribution in [0.2, 0.25) is 0 Å². The van der Waals surface area contributed by atoms with E-state index in [-0.39, 0.29) is 0 Å². The molecule has 0 radical (unpaired) electrons. The number of anilines is 1. The van der Waals surface area contributed by atoms with Crippen molar-refractivity contribution in [3.8, 4) is 0 Å². The molecule has 3 heteroatoms. The molecule has 1 aromatic carbocycles. The number of hydrogen-bond donors (Lipinski definition) is 1. The minimum absolute atomic E-state index is 1.06. The van der Waals surface area contributed by atoms with Crippen molar-refractivity contribution in [2.24, 2.45) is 0 Å². The van der Waals surface area contributed by atoms with Gasteiger partial charge in [0.05, 0.1) is 0 Å². The minimum Gasteiger partial charge on any atom is -0.384 e. The van der Waals surface area contributed by atoms with Crippen LogP contribution in [0, 0.1) is 0 Å².